The molecule has 22 heavy (non-hydrogen) atoms. The standard InChI is InChI=1S/C14H13N.2Na.H3O4P/c1-15-13-8-4-2-6-11(13)10-12-7-3-5-9-14(12)15;;;1-5(2,3)4/h2-9H,10H2,1H3;;;(H3,1,2,3,4)/q;2*+1;/p-2. The fraction of sp³-hybridized carbons (Fsp3) is 0.143. The summed E-state index contributed by atoms with van der Waals surface area (Å²) in [5.41, 5.74) is 5.49. The van der Waals surface area contributed by atoms with Crippen LogP contribution >= 0.6 is 7.82 Å². The number of nitrogens with zero attached hydrogens (tertiary/aromatic N) is 1. The maximum absolute atomic E-state index is 8.66. The molecule has 0 unspecified atom stereocenters. The Morgan fingerprint density at radius 3 is 1.64 bits per heavy atom. The van der Waals surface area contributed by atoms with Gasteiger partial charge < -0.3 is 24.1 Å². The Hall–Kier alpha value is 0.350. The summed E-state index contributed by atoms with van der Waals surface area (Å²) in [6, 6.07) is 17.2. The molecule has 0 radical (unpaired) electrons. The number of anilines is 2. The van der Waals surface area contributed by atoms with Crippen LogP contribution in [0.2, 0.25) is 0 Å². The van der Waals surface area contributed by atoms with Crippen LogP contribution in [0.1, 0.15) is 11.1 Å². The van der Waals surface area contributed by atoms with Crippen molar-refractivity contribution in [1.29, 1.82) is 0 Å². The van der Waals surface area contributed by atoms with Crippen LogP contribution in [0, 0.1) is 0 Å². The molecule has 0 fully saturated rings. The van der Waals surface area contributed by atoms with E-state index in [9.17, 15) is 0 Å². The van der Waals surface area contributed by atoms with Gasteiger partial charge in [-0.05, 0) is 23.3 Å². The Morgan fingerprint density at radius 2 is 1.27 bits per heavy atom. The molecule has 0 saturated carbocycles. The summed E-state index contributed by atoms with van der Waals surface area (Å²) in [5, 5.41) is 0. The van der Waals surface area contributed by atoms with Crippen LogP contribution in [0.25, 0.3) is 0 Å². The van der Waals surface area contributed by atoms with Gasteiger partial charge in [0.1, 0.15) is 0 Å². The zero-order valence-corrected chi connectivity index (χ0v) is 17.8. The van der Waals surface area contributed by atoms with Crippen molar-refractivity contribution < 1.29 is 78.4 Å². The van der Waals surface area contributed by atoms with Crippen LogP contribution in [-0.2, 0) is 11.0 Å². The zero-order valence-electron chi connectivity index (χ0n) is 12.9. The zero-order chi connectivity index (χ0) is 14.8. The summed E-state index contributed by atoms with van der Waals surface area (Å²) in [6.07, 6.45) is 1.05. The molecule has 0 amide bonds. The van der Waals surface area contributed by atoms with Crippen molar-refractivity contribution in [1.82, 2.24) is 0 Å². The van der Waals surface area contributed by atoms with Gasteiger partial charge in [-0.15, -0.1) is 0 Å². The first kappa shape index (κ1) is 22.4. The first-order valence-corrected chi connectivity index (χ1v) is 7.50. The van der Waals surface area contributed by atoms with Crippen molar-refractivity contribution in [3.63, 3.8) is 0 Å². The van der Waals surface area contributed by atoms with Crippen molar-refractivity contribution in [2.45, 2.75) is 6.42 Å². The topological polar surface area (TPSA) is 86.7 Å². The SMILES string of the molecule is CN1c2ccccc2Cc2ccccc21.O=P([O-])([O-])O.[Na+].[Na+]. The summed E-state index contributed by atoms with van der Waals surface area (Å²) in [6.45, 7) is 0. The van der Waals surface area contributed by atoms with Gasteiger partial charge in [0, 0.05) is 24.8 Å². The van der Waals surface area contributed by atoms with Gasteiger partial charge in [-0.1, -0.05) is 36.4 Å². The van der Waals surface area contributed by atoms with Crippen molar-refractivity contribution in [2.24, 2.45) is 0 Å². The van der Waals surface area contributed by atoms with E-state index in [2.05, 4.69) is 60.5 Å². The first-order chi connectivity index (χ1) is 9.36. The van der Waals surface area contributed by atoms with Crippen LogP contribution in [0.4, 0.5) is 11.4 Å². The molecule has 8 heteroatoms. The summed E-state index contributed by atoms with van der Waals surface area (Å²) < 4.78 is 8.66. The van der Waals surface area contributed by atoms with Gasteiger partial charge in [0.25, 0.3) is 0 Å². The van der Waals surface area contributed by atoms with Crippen LogP contribution in [0.3, 0.4) is 0 Å². The number of hydrogen-bond donors (Lipinski definition) is 1. The van der Waals surface area contributed by atoms with E-state index in [0.29, 0.717) is 0 Å². The van der Waals surface area contributed by atoms with Crippen molar-refractivity contribution in [2.75, 3.05) is 11.9 Å². The molecular formula is C14H14NNa2O4P. The first-order valence-electron chi connectivity index (χ1n) is 6.00. The molecule has 1 N–H and O–H groups in total. The van der Waals surface area contributed by atoms with Crippen LogP contribution < -0.4 is 73.8 Å². The molecular weight excluding hydrogens is 323 g/mol. The van der Waals surface area contributed by atoms with Gasteiger partial charge in [0.15, 0.2) is 0 Å². The van der Waals surface area contributed by atoms with Crippen molar-refractivity contribution >= 4 is 19.2 Å². The van der Waals surface area contributed by atoms with Crippen LogP contribution in [-0.4, -0.2) is 11.9 Å². The average molecular weight is 337 g/mol. The van der Waals surface area contributed by atoms with E-state index in [4.69, 9.17) is 19.2 Å². The maximum Gasteiger partial charge on any atom is 1.00 e. The third-order valence-corrected chi connectivity index (χ3v) is 3.09. The molecule has 2 aromatic rings. The number of benzene rings is 2. The second-order valence-electron chi connectivity index (χ2n) is 4.46. The maximum atomic E-state index is 8.66. The molecule has 0 atom stereocenters. The smallest absolute Gasteiger partial charge is 0.790 e. The number of hydrogen-bond acceptors (Lipinski definition) is 4. The Balaban J connectivity index is 0.000000559. The van der Waals surface area contributed by atoms with Crippen LogP contribution in [0.15, 0.2) is 48.5 Å². The van der Waals surface area contributed by atoms with E-state index in [1.54, 1.807) is 0 Å². The van der Waals surface area contributed by atoms with Gasteiger partial charge in [0.2, 0.25) is 0 Å². The number of rotatable bonds is 0. The number of para-hydroxylation sites is 2. The minimum Gasteiger partial charge on any atom is -0.790 e. The van der Waals surface area contributed by atoms with Gasteiger partial charge in [-0.3, -0.25) is 0 Å². The van der Waals surface area contributed by atoms with Gasteiger partial charge >= 0.3 is 59.1 Å². The molecule has 3 rings (SSSR count). The molecule has 0 spiro atoms. The normalized spacial score (nSPS) is 11.7. The van der Waals surface area contributed by atoms with E-state index in [1.807, 2.05) is 0 Å². The van der Waals surface area contributed by atoms with Gasteiger partial charge in [-0.2, -0.15) is 0 Å². The van der Waals surface area contributed by atoms with E-state index < -0.39 is 7.82 Å². The minimum absolute atomic E-state index is 0. The van der Waals surface area contributed by atoms with Gasteiger partial charge in [-0.25, -0.2) is 0 Å². The molecule has 1 aliphatic rings. The average Bonchev–Trinajstić information content (AvgIpc) is 2.37. The fourth-order valence-electron chi connectivity index (χ4n) is 2.31. The number of fused-ring (bicyclic) bond motifs is 2. The molecule has 106 valence electrons. The van der Waals surface area contributed by atoms with Gasteiger partial charge in [0.05, 0.1) is 7.82 Å². The molecule has 1 aliphatic heterocycles. The monoisotopic (exact) mass is 337 g/mol. The van der Waals surface area contributed by atoms with E-state index in [-0.39, 0.29) is 59.1 Å². The summed E-state index contributed by atoms with van der Waals surface area (Å²) in [7, 11) is -3.00. The predicted octanol–water partition coefficient (Wildman–Crippen LogP) is -4.83. The second kappa shape index (κ2) is 9.60. The van der Waals surface area contributed by atoms with E-state index in [1.165, 1.54) is 22.5 Å². The number of phosphoric acid groups is 1. The Labute approximate surface area is 174 Å². The third kappa shape index (κ3) is 6.46. The Bertz CT molecular complexity index is 609. The molecule has 5 nitrogen and oxygen atoms in total. The molecule has 1 heterocycles. The van der Waals surface area contributed by atoms with E-state index in [0.717, 1.165) is 6.42 Å². The summed E-state index contributed by atoms with van der Waals surface area (Å²) >= 11 is 0. The third-order valence-electron chi connectivity index (χ3n) is 3.09. The van der Waals surface area contributed by atoms with E-state index >= 15 is 0 Å². The minimum atomic E-state index is -5.14. The predicted molar refractivity (Wildman–Crippen MR) is 73.6 cm³/mol. The molecule has 0 aromatic heterocycles. The second-order valence-corrected chi connectivity index (χ2v) is 5.40. The molecule has 0 saturated heterocycles. The fourth-order valence-corrected chi connectivity index (χ4v) is 2.31. The Kier molecular flexibility index (Phi) is 9.75. The summed E-state index contributed by atoms with van der Waals surface area (Å²) in [5.74, 6) is 0. The quantitative estimate of drug-likeness (QED) is 0.385. The Morgan fingerprint density at radius 1 is 0.955 bits per heavy atom. The largest absolute Gasteiger partial charge is 1.00 e. The van der Waals surface area contributed by atoms with Crippen molar-refractivity contribution in [3.8, 4) is 0 Å². The molecule has 0 aliphatic carbocycles. The summed E-state index contributed by atoms with van der Waals surface area (Å²) in [4.78, 5) is 26.6. The molecule has 0 bridgehead atoms. The molecule has 2 aromatic carbocycles. The van der Waals surface area contributed by atoms with Crippen LogP contribution in [0.5, 0.6) is 0 Å². The van der Waals surface area contributed by atoms with Crippen molar-refractivity contribution in [3.05, 3.63) is 59.7 Å².